The maximum Gasteiger partial charge on any atom is 0.253 e. The molecule has 0 spiro atoms. The van der Waals surface area contributed by atoms with E-state index in [1.54, 1.807) is 35.6 Å². The largest absolute Gasteiger partial charge is 0.399 e. The highest BCUT2D eigenvalue weighted by molar-refractivity contribution is 7.09. The second-order valence-electron chi connectivity index (χ2n) is 7.58. The molecule has 1 aromatic heterocycles. The molecule has 3 rings (SSSR count). The van der Waals surface area contributed by atoms with Crippen molar-refractivity contribution in [2.24, 2.45) is 0 Å². The topological polar surface area (TPSA) is 62.5 Å². The number of thiazole rings is 1. The van der Waals surface area contributed by atoms with Crippen molar-refractivity contribution in [3.8, 4) is 0 Å². The standard InChI is InChI=1S/C19H26N4OS.ClH/c1-19(2,3)18-21-16(13-25-18)12-22-8-10-23(11-9-22)17(24)14-4-6-15(20)7-5-14;/h4-7,13H,8-12,20H2,1-3H3;1H. The van der Waals surface area contributed by atoms with Crippen molar-refractivity contribution in [3.63, 3.8) is 0 Å². The highest BCUT2D eigenvalue weighted by Crippen LogP contribution is 2.26. The zero-order chi connectivity index (χ0) is 18.0. The van der Waals surface area contributed by atoms with Crippen LogP contribution in [0.15, 0.2) is 29.6 Å². The van der Waals surface area contributed by atoms with Gasteiger partial charge in [0.15, 0.2) is 0 Å². The summed E-state index contributed by atoms with van der Waals surface area (Å²) in [5.41, 5.74) is 8.31. The van der Waals surface area contributed by atoms with E-state index in [0.29, 0.717) is 11.3 Å². The summed E-state index contributed by atoms with van der Waals surface area (Å²) in [5, 5.41) is 3.34. The monoisotopic (exact) mass is 394 g/mol. The summed E-state index contributed by atoms with van der Waals surface area (Å²) in [6.07, 6.45) is 0. The molecule has 0 aliphatic carbocycles. The molecular formula is C19H27ClN4OS. The van der Waals surface area contributed by atoms with Gasteiger partial charge in [0.05, 0.1) is 10.7 Å². The summed E-state index contributed by atoms with van der Waals surface area (Å²) in [7, 11) is 0. The fourth-order valence-corrected chi connectivity index (χ4v) is 3.77. The lowest BCUT2D eigenvalue weighted by Gasteiger charge is -2.34. The fraction of sp³-hybridized carbons (Fsp3) is 0.474. The Kier molecular flexibility index (Phi) is 6.66. The molecule has 2 N–H and O–H groups in total. The van der Waals surface area contributed by atoms with E-state index in [9.17, 15) is 4.79 Å². The maximum absolute atomic E-state index is 12.5. The molecule has 0 bridgehead atoms. The van der Waals surface area contributed by atoms with E-state index in [0.717, 1.165) is 38.4 Å². The van der Waals surface area contributed by atoms with Crippen LogP contribution in [-0.2, 0) is 12.0 Å². The minimum atomic E-state index is 0. The number of nitrogens with two attached hydrogens (primary N) is 1. The molecule has 0 radical (unpaired) electrons. The Morgan fingerprint density at radius 2 is 1.77 bits per heavy atom. The molecule has 1 aliphatic rings. The average Bonchev–Trinajstić information content (AvgIpc) is 3.04. The van der Waals surface area contributed by atoms with Gasteiger partial charge in [-0.2, -0.15) is 0 Å². The zero-order valence-electron chi connectivity index (χ0n) is 15.6. The number of nitrogen functional groups attached to an aromatic ring is 1. The zero-order valence-corrected chi connectivity index (χ0v) is 17.2. The first-order chi connectivity index (χ1) is 11.8. The molecule has 2 aromatic rings. The van der Waals surface area contributed by atoms with Gasteiger partial charge in [-0.1, -0.05) is 20.8 Å². The van der Waals surface area contributed by atoms with Gasteiger partial charge in [0.25, 0.3) is 5.91 Å². The Balaban J connectivity index is 0.00000243. The van der Waals surface area contributed by atoms with Crippen LogP contribution in [-0.4, -0.2) is 46.9 Å². The lowest BCUT2D eigenvalue weighted by atomic mass is 9.98. The average molecular weight is 395 g/mol. The molecule has 142 valence electrons. The van der Waals surface area contributed by atoms with E-state index >= 15 is 0 Å². The van der Waals surface area contributed by atoms with E-state index in [1.807, 2.05) is 4.90 Å². The Hall–Kier alpha value is -1.63. The first-order valence-corrected chi connectivity index (χ1v) is 9.53. The van der Waals surface area contributed by atoms with Crippen LogP contribution in [0.4, 0.5) is 5.69 Å². The molecule has 1 fully saturated rings. The SMILES string of the molecule is CC(C)(C)c1nc(CN2CCN(C(=O)c3ccc(N)cc3)CC2)cs1.Cl. The summed E-state index contributed by atoms with van der Waals surface area (Å²) in [4.78, 5) is 21.6. The molecule has 1 aromatic carbocycles. The van der Waals surface area contributed by atoms with E-state index in [4.69, 9.17) is 10.7 Å². The van der Waals surface area contributed by atoms with Gasteiger partial charge in [-0.25, -0.2) is 4.98 Å². The number of rotatable bonds is 3. The van der Waals surface area contributed by atoms with Gasteiger partial charge in [-0.05, 0) is 24.3 Å². The molecule has 0 saturated carbocycles. The van der Waals surface area contributed by atoms with Crippen molar-refractivity contribution < 1.29 is 4.79 Å². The normalized spacial score (nSPS) is 15.6. The Labute approximate surface area is 165 Å². The molecule has 2 heterocycles. The summed E-state index contributed by atoms with van der Waals surface area (Å²) in [5.74, 6) is 0.0864. The highest BCUT2D eigenvalue weighted by atomic mass is 35.5. The number of carbonyl (C=O) groups excluding carboxylic acids is 1. The fourth-order valence-electron chi connectivity index (χ4n) is 2.87. The Morgan fingerprint density at radius 1 is 1.15 bits per heavy atom. The van der Waals surface area contributed by atoms with Crippen LogP contribution in [0.3, 0.4) is 0 Å². The molecule has 1 saturated heterocycles. The quantitative estimate of drug-likeness (QED) is 0.810. The van der Waals surface area contributed by atoms with Gasteiger partial charge in [0.1, 0.15) is 0 Å². The number of carbonyl (C=O) groups is 1. The predicted octanol–water partition coefficient (Wildman–Crippen LogP) is 3.40. The second-order valence-corrected chi connectivity index (χ2v) is 8.44. The van der Waals surface area contributed by atoms with Gasteiger partial charge in [-0.15, -0.1) is 23.7 Å². The molecule has 1 aliphatic heterocycles. The Bertz CT molecular complexity index is 731. The first kappa shape index (κ1) is 20.7. The third-order valence-electron chi connectivity index (χ3n) is 4.40. The lowest BCUT2D eigenvalue weighted by Crippen LogP contribution is -2.48. The molecule has 1 amide bonds. The Morgan fingerprint density at radius 3 is 2.31 bits per heavy atom. The van der Waals surface area contributed by atoms with Crippen molar-refractivity contribution in [3.05, 3.63) is 45.9 Å². The number of nitrogens with zero attached hydrogens (tertiary/aromatic N) is 3. The first-order valence-electron chi connectivity index (χ1n) is 8.65. The summed E-state index contributed by atoms with van der Waals surface area (Å²) in [6, 6.07) is 7.15. The van der Waals surface area contributed by atoms with Crippen molar-refractivity contribution >= 4 is 35.3 Å². The number of amides is 1. The van der Waals surface area contributed by atoms with Crippen molar-refractivity contribution in [2.45, 2.75) is 32.7 Å². The van der Waals surface area contributed by atoms with Crippen LogP contribution < -0.4 is 5.73 Å². The predicted molar refractivity (Wildman–Crippen MR) is 110 cm³/mol. The minimum Gasteiger partial charge on any atom is -0.399 e. The number of halogens is 1. The summed E-state index contributed by atoms with van der Waals surface area (Å²) in [6.45, 7) is 10.7. The number of hydrogen-bond acceptors (Lipinski definition) is 5. The van der Waals surface area contributed by atoms with Crippen LogP contribution >= 0.6 is 23.7 Å². The van der Waals surface area contributed by atoms with Crippen LogP contribution in [0, 0.1) is 0 Å². The van der Waals surface area contributed by atoms with E-state index < -0.39 is 0 Å². The summed E-state index contributed by atoms with van der Waals surface area (Å²) < 4.78 is 0. The number of anilines is 1. The molecular weight excluding hydrogens is 368 g/mol. The van der Waals surface area contributed by atoms with Gasteiger partial charge in [0, 0.05) is 54.8 Å². The minimum absolute atomic E-state index is 0. The van der Waals surface area contributed by atoms with E-state index in [-0.39, 0.29) is 23.7 Å². The third-order valence-corrected chi connectivity index (χ3v) is 5.71. The highest BCUT2D eigenvalue weighted by Gasteiger charge is 2.23. The smallest absolute Gasteiger partial charge is 0.253 e. The van der Waals surface area contributed by atoms with Gasteiger partial charge >= 0.3 is 0 Å². The third kappa shape index (κ3) is 4.96. The number of aromatic nitrogens is 1. The van der Waals surface area contributed by atoms with Crippen molar-refractivity contribution in [1.82, 2.24) is 14.8 Å². The van der Waals surface area contributed by atoms with Crippen LogP contribution in [0.5, 0.6) is 0 Å². The number of hydrogen-bond donors (Lipinski definition) is 1. The number of benzene rings is 1. The maximum atomic E-state index is 12.5. The van der Waals surface area contributed by atoms with E-state index in [2.05, 4.69) is 31.1 Å². The van der Waals surface area contributed by atoms with Gasteiger partial charge in [0.2, 0.25) is 0 Å². The molecule has 26 heavy (non-hydrogen) atoms. The molecule has 7 heteroatoms. The van der Waals surface area contributed by atoms with Crippen molar-refractivity contribution in [2.75, 3.05) is 31.9 Å². The molecule has 5 nitrogen and oxygen atoms in total. The molecule has 0 atom stereocenters. The van der Waals surface area contributed by atoms with Gasteiger partial charge in [-0.3, -0.25) is 9.69 Å². The molecule has 0 unspecified atom stereocenters. The van der Waals surface area contributed by atoms with Crippen molar-refractivity contribution in [1.29, 1.82) is 0 Å². The second kappa shape index (κ2) is 8.37. The lowest BCUT2D eigenvalue weighted by molar-refractivity contribution is 0.0627. The van der Waals surface area contributed by atoms with E-state index in [1.165, 1.54) is 5.01 Å². The van der Waals surface area contributed by atoms with Crippen LogP contribution in [0.2, 0.25) is 0 Å². The number of piperazine rings is 1. The van der Waals surface area contributed by atoms with Crippen LogP contribution in [0.25, 0.3) is 0 Å². The van der Waals surface area contributed by atoms with Crippen LogP contribution in [0.1, 0.15) is 41.8 Å². The summed E-state index contributed by atoms with van der Waals surface area (Å²) >= 11 is 1.74. The van der Waals surface area contributed by atoms with Gasteiger partial charge < -0.3 is 10.6 Å².